The Labute approximate surface area is 276 Å². The van der Waals surface area contributed by atoms with E-state index in [-0.39, 0.29) is 53.9 Å². The number of hydrogen-bond donors (Lipinski definition) is 2. The Kier molecular flexibility index (Phi) is 9.24. The molecule has 15 heteroatoms. The summed E-state index contributed by atoms with van der Waals surface area (Å²) in [5.74, 6) is -6.51. The lowest BCUT2D eigenvalue weighted by Gasteiger charge is -2.31. The minimum atomic E-state index is -5.06. The molecule has 2 saturated carbocycles. The molecule has 2 aliphatic carbocycles. The Hall–Kier alpha value is -4.40. The van der Waals surface area contributed by atoms with Crippen LogP contribution in [-0.4, -0.2) is 67.2 Å². The zero-order chi connectivity index (χ0) is 35.2. The van der Waals surface area contributed by atoms with Gasteiger partial charge in [0.05, 0.1) is 36.4 Å². The summed E-state index contributed by atoms with van der Waals surface area (Å²) in [4.78, 5) is 41.9. The third-order valence-electron chi connectivity index (χ3n) is 9.61. The summed E-state index contributed by atoms with van der Waals surface area (Å²) in [6.07, 6.45) is -4.59. The predicted octanol–water partition coefficient (Wildman–Crippen LogP) is 6.14. The van der Waals surface area contributed by atoms with E-state index in [9.17, 15) is 45.1 Å². The van der Waals surface area contributed by atoms with E-state index in [0.717, 1.165) is 18.9 Å². The largest absolute Gasteiger partial charge is 0.496 e. The van der Waals surface area contributed by atoms with Crippen LogP contribution in [0.1, 0.15) is 47.2 Å². The van der Waals surface area contributed by atoms with Gasteiger partial charge in [0.15, 0.2) is 0 Å². The molecule has 262 valence electrons. The lowest BCUT2D eigenvalue weighted by molar-refractivity contribution is -0.140. The number of methoxy groups -OCH3 is 1. The Morgan fingerprint density at radius 3 is 2.29 bits per heavy atom. The number of likely N-dealkylation sites (tertiary alicyclic amines) is 1. The minimum absolute atomic E-state index is 0.00341. The molecule has 6 atom stereocenters. The lowest BCUT2D eigenvalue weighted by atomic mass is 9.83. The molecule has 2 aromatic rings. The number of ether oxygens (including phenoxy) is 2. The number of rotatable bonds is 7. The van der Waals surface area contributed by atoms with Gasteiger partial charge in [-0.25, -0.2) is 4.39 Å². The number of amides is 3. The Morgan fingerprint density at radius 2 is 1.63 bits per heavy atom. The number of alkyl halides is 6. The second-order valence-corrected chi connectivity index (χ2v) is 12.7. The molecule has 2 unspecified atom stereocenters. The van der Waals surface area contributed by atoms with E-state index >= 15 is 0 Å². The molecule has 2 aliphatic heterocycles. The molecule has 2 saturated heterocycles. The molecule has 49 heavy (non-hydrogen) atoms. The van der Waals surface area contributed by atoms with Crippen LogP contribution in [0.4, 0.5) is 36.4 Å². The Morgan fingerprint density at radius 1 is 0.939 bits per heavy atom. The second kappa shape index (κ2) is 13.1. The van der Waals surface area contributed by atoms with Gasteiger partial charge < -0.3 is 25.0 Å². The average molecular weight is 696 g/mol. The Balaban J connectivity index is 1.25. The average Bonchev–Trinajstić information content (AvgIpc) is 3.68. The van der Waals surface area contributed by atoms with E-state index in [0.29, 0.717) is 30.8 Å². The third-order valence-corrected chi connectivity index (χ3v) is 9.61. The summed E-state index contributed by atoms with van der Waals surface area (Å²) in [5.41, 5.74) is -1.69. The van der Waals surface area contributed by atoms with Crippen LogP contribution in [-0.2, 0) is 20.5 Å². The van der Waals surface area contributed by atoms with E-state index in [4.69, 9.17) is 9.47 Å². The normalized spacial score (nSPS) is 27.2. The van der Waals surface area contributed by atoms with Gasteiger partial charge in [-0.15, -0.1) is 0 Å². The number of allylic oxidation sites excluding steroid dienone is 1. The van der Waals surface area contributed by atoms with E-state index in [1.54, 1.807) is 11.0 Å². The molecule has 3 amide bonds. The summed E-state index contributed by atoms with van der Waals surface area (Å²) >= 11 is 0. The fraction of sp³-hybridized carbons (Fsp3) is 0.441. The van der Waals surface area contributed by atoms with Gasteiger partial charge in [-0.1, -0.05) is 11.6 Å². The van der Waals surface area contributed by atoms with Gasteiger partial charge in [-0.3, -0.25) is 14.4 Å². The van der Waals surface area contributed by atoms with Crippen LogP contribution >= 0.6 is 0 Å². The zero-order valence-corrected chi connectivity index (χ0v) is 26.0. The summed E-state index contributed by atoms with van der Waals surface area (Å²) in [6, 6.07) is 5.21. The van der Waals surface area contributed by atoms with Gasteiger partial charge in [0.2, 0.25) is 11.8 Å². The molecule has 0 aromatic heterocycles. The first kappa shape index (κ1) is 34.5. The molecule has 6 rings (SSSR count). The number of carbonyl (C=O) groups is 3. The number of anilines is 1. The van der Waals surface area contributed by atoms with Crippen LogP contribution < -0.4 is 15.4 Å². The molecule has 4 fully saturated rings. The van der Waals surface area contributed by atoms with E-state index in [1.165, 1.54) is 31.4 Å². The number of fused-ring (bicyclic) bond motifs is 4. The molecule has 2 N–H and O–H groups in total. The highest BCUT2D eigenvalue weighted by molar-refractivity contribution is 6.00. The van der Waals surface area contributed by atoms with Crippen molar-refractivity contribution < 1.29 is 54.6 Å². The van der Waals surface area contributed by atoms with Crippen molar-refractivity contribution in [2.45, 2.75) is 56.3 Å². The van der Waals surface area contributed by atoms with Gasteiger partial charge in [0, 0.05) is 42.9 Å². The summed E-state index contributed by atoms with van der Waals surface area (Å²) < 4.78 is 106. The van der Waals surface area contributed by atoms with Crippen molar-refractivity contribution in [1.82, 2.24) is 10.2 Å². The summed E-state index contributed by atoms with van der Waals surface area (Å²) in [5, 5.41) is 4.99. The molecule has 4 aliphatic rings. The highest BCUT2D eigenvalue weighted by atomic mass is 19.4. The van der Waals surface area contributed by atoms with Gasteiger partial charge in [-0.2, -0.15) is 26.3 Å². The number of hydrogen-bond acceptors (Lipinski definition) is 5. The van der Waals surface area contributed by atoms with Gasteiger partial charge in [0.1, 0.15) is 11.6 Å². The molecular weight excluding hydrogens is 663 g/mol. The van der Waals surface area contributed by atoms with Crippen molar-refractivity contribution in [3.8, 4) is 5.75 Å². The van der Waals surface area contributed by atoms with E-state index in [1.807, 2.05) is 0 Å². The smallest absolute Gasteiger partial charge is 0.419 e. The molecule has 2 aromatic carbocycles. The number of nitrogens with one attached hydrogen (secondary N) is 2. The van der Waals surface area contributed by atoms with Gasteiger partial charge in [-0.05, 0) is 73.6 Å². The molecular formula is C34H32F7N3O5. The van der Waals surface area contributed by atoms with E-state index < -0.39 is 65.0 Å². The molecule has 8 nitrogen and oxygen atoms in total. The predicted molar refractivity (Wildman–Crippen MR) is 162 cm³/mol. The first-order valence-corrected chi connectivity index (χ1v) is 15.7. The van der Waals surface area contributed by atoms with Crippen molar-refractivity contribution in [2.24, 2.45) is 17.8 Å². The number of morpholine rings is 1. The Bertz CT molecular complexity index is 1690. The topological polar surface area (TPSA) is 97.0 Å². The maximum absolute atomic E-state index is 13.9. The quantitative estimate of drug-likeness (QED) is 0.206. The van der Waals surface area contributed by atoms with Crippen molar-refractivity contribution >= 4 is 29.5 Å². The highest BCUT2D eigenvalue weighted by Gasteiger charge is 2.56. The maximum Gasteiger partial charge on any atom is 0.419 e. The first-order chi connectivity index (χ1) is 23.1. The first-order valence-electron chi connectivity index (χ1n) is 15.7. The summed E-state index contributed by atoms with van der Waals surface area (Å²) in [7, 11) is 1.31. The maximum atomic E-state index is 13.9. The van der Waals surface area contributed by atoms with Crippen LogP contribution in [0.5, 0.6) is 5.75 Å². The lowest BCUT2D eigenvalue weighted by Crippen LogP contribution is -2.48. The molecule has 2 heterocycles. The zero-order valence-electron chi connectivity index (χ0n) is 26.0. The number of halogens is 7. The highest BCUT2D eigenvalue weighted by Crippen LogP contribution is 2.54. The van der Waals surface area contributed by atoms with Crippen molar-refractivity contribution in [3.05, 3.63) is 76.6 Å². The van der Waals surface area contributed by atoms with E-state index in [2.05, 4.69) is 10.6 Å². The molecule has 4 bridgehead atoms. The number of benzene rings is 2. The second-order valence-electron chi connectivity index (χ2n) is 12.7. The summed E-state index contributed by atoms with van der Waals surface area (Å²) in [6.45, 7) is 0.952. The van der Waals surface area contributed by atoms with Crippen LogP contribution in [0.15, 0.2) is 54.1 Å². The van der Waals surface area contributed by atoms with Crippen LogP contribution in [0.25, 0.3) is 6.08 Å². The standard InChI is InChI=1S/C34H32F7N3O5/c1-48-27-10-2-17(3-11-28(45)44-15-19-5-6-20(16-44)49-19)12-23(27)31(46)43-30-22-8-7-21(24(22)14-33(36,37)38)29(30)32(47)42-18-4-9-26(35)25(13-18)34(39,40)41/h2-4,9-14,19-22,29-30H,5-8,15-16H2,1H3,(H,42,47)(H,43,46)/b11-3+,24-14-/t19?,20?,21-,22+,29-,30+/m0/s1. The third kappa shape index (κ3) is 7.31. The van der Waals surface area contributed by atoms with Crippen LogP contribution in [0.3, 0.4) is 0 Å². The van der Waals surface area contributed by atoms with Crippen LogP contribution in [0, 0.1) is 23.6 Å². The number of nitrogens with zero attached hydrogens (tertiary/aromatic N) is 1. The van der Waals surface area contributed by atoms with Crippen LogP contribution in [0.2, 0.25) is 0 Å². The van der Waals surface area contributed by atoms with Gasteiger partial charge in [0.25, 0.3) is 5.91 Å². The van der Waals surface area contributed by atoms with Gasteiger partial charge >= 0.3 is 12.4 Å². The fourth-order valence-corrected chi connectivity index (χ4v) is 7.53. The van der Waals surface area contributed by atoms with Crippen molar-refractivity contribution in [3.63, 3.8) is 0 Å². The van der Waals surface area contributed by atoms with Crippen molar-refractivity contribution in [1.29, 1.82) is 0 Å². The minimum Gasteiger partial charge on any atom is -0.496 e. The van der Waals surface area contributed by atoms with Crippen molar-refractivity contribution in [2.75, 3.05) is 25.5 Å². The number of carbonyl (C=O) groups excluding carboxylic acids is 3. The fourth-order valence-electron chi connectivity index (χ4n) is 7.53. The molecule has 0 radical (unpaired) electrons. The SMILES string of the molecule is COc1ccc(/C=C/C(=O)N2CC3CCC(C2)O3)cc1C(=O)N[C@H]1[C@@H](C(=O)Nc2ccc(F)c(C(F)(F)F)c2)[C@H]2CC[C@@H]1/C2=C\C(F)(F)F. The molecule has 0 spiro atoms. The monoisotopic (exact) mass is 695 g/mol.